The highest BCUT2D eigenvalue weighted by atomic mass is 32.2. The van der Waals surface area contributed by atoms with Crippen molar-refractivity contribution in [1.29, 1.82) is 0 Å². The number of ether oxygens (including phenoxy) is 1. The third-order valence-electron chi connectivity index (χ3n) is 4.08. The SMILES string of the molecule is COCCc1nnc(S[C@@H]2CCCCc3ccccc32)n1N. The molecule has 0 unspecified atom stereocenters. The lowest BCUT2D eigenvalue weighted by atomic mass is 10.0. The van der Waals surface area contributed by atoms with E-state index in [1.165, 1.54) is 30.4 Å². The fourth-order valence-electron chi connectivity index (χ4n) is 2.88. The molecule has 0 spiro atoms. The van der Waals surface area contributed by atoms with Gasteiger partial charge in [0.2, 0.25) is 5.16 Å². The van der Waals surface area contributed by atoms with Crippen molar-refractivity contribution in [1.82, 2.24) is 14.9 Å². The van der Waals surface area contributed by atoms with Crippen molar-refractivity contribution in [3.05, 3.63) is 41.2 Å². The zero-order valence-electron chi connectivity index (χ0n) is 12.9. The summed E-state index contributed by atoms with van der Waals surface area (Å²) >= 11 is 1.73. The van der Waals surface area contributed by atoms with E-state index in [9.17, 15) is 0 Å². The number of nitrogens with zero attached hydrogens (tertiary/aromatic N) is 3. The zero-order chi connectivity index (χ0) is 15.4. The molecule has 0 saturated carbocycles. The van der Waals surface area contributed by atoms with Crippen molar-refractivity contribution in [3.8, 4) is 0 Å². The van der Waals surface area contributed by atoms with E-state index >= 15 is 0 Å². The van der Waals surface area contributed by atoms with Crippen LogP contribution in [0.15, 0.2) is 29.4 Å². The van der Waals surface area contributed by atoms with Gasteiger partial charge in [0.1, 0.15) is 0 Å². The molecule has 1 aliphatic carbocycles. The largest absolute Gasteiger partial charge is 0.384 e. The Kier molecular flexibility index (Phi) is 5.00. The molecule has 5 nitrogen and oxygen atoms in total. The molecule has 2 aromatic rings. The van der Waals surface area contributed by atoms with Gasteiger partial charge in [-0.15, -0.1) is 10.2 Å². The van der Waals surface area contributed by atoms with Gasteiger partial charge in [0.15, 0.2) is 5.82 Å². The highest BCUT2D eigenvalue weighted by Crippen LogP contribution is 2.41. The highest BCUT2D eigenvalue weighted by Gasteiger charge is 2.22. The Morgan fingerprint density at radius 3 is 3.05 bits per heavy atom. The van der Waals surface area contributed by atoms with Crippen LogP contribution in [0.5, 0.6) is 0 Å². The molecule has 3 rings (SSSR count). The summed E-state index contributed by atoms with van der Waals surface area (Å²) in [6.07, 6.45) is 5.50. The van der Waals surface area contributed by atoms with Crippen molar-refractivity contribution in [2.75, 3.05) is 19.6 Å². The normalized spacial score (nSPS) is 18.0. The number of hydrogen-bond donors (Lipinski definition) is 1. The number of rotatable bonds is 5. The first-order valence-electron chi connectivity index (χ1n) is 7.72. The van der Waals surface area contributed by atoms with E-state index in [4.69, 9.17) is 10.6 Å². The molecule has 22 heavy (non-hydrogen) atoms. The van der Waals surface area contributed by atoms with Gasteiger partial charge >= 0.3 is 0 Å². The second-order valence-electron chi connectivity index (χ2n) is 5.56. The molecule has 1 atom stereocenters. The number of nitrogen functional groups attached to an aromatic ring is 1. The van der Waals surface area contributed by atoms with Gasteiger partial charge in [0.25, 0.3) is 0 Å². The minimum absolute atomic E-state index is 0.403. The number of methoxy groups -OCH3 is 1. The van der Waals surface area contributed by atoms with Crippen LogP contribution in [0.4, 0.5) is 0 Å². The van der Waals surface area contributed by atoms with Crippen LogP contribution in [-0.4, -0.2) is 28.6 Å². The van der Waals surface area contributed by atoms with Gasteiger partial charge in [-0.25, -0.2) is 4.68 Å². The lowest BCUT2D eigenvalue weighted by Crippen LogP contribution is -2.15. The van der Waals surface area contributed by atoms with Crippen LogP contribution in [0.3, 0.4) is 0 Å². The second-order valence-corrected chi connectivity index (χ2v) is 6.73. The number of aryl methyl sites for hydroxylation is 1. The molecular weight excluding hydrogens is 296 g/mol. The van der Waals surface area contributed by atoms with Crippen LogP contribution in [0.25, 0.3) is 0 Å². The van der Waals surface area contributed by atoms with Gasteiger partial charge in [-0.05, 0) is 30.4 Å². The first kappa shape index (κ1) is 15.4. The topological polar surface area (TPSA) is 66.0 Å². The maximum atomic E-state index is 6.14. The summed E-state index contributed by atoms with van der Waals surface area (Å²) in [5, 5.41) is 9.64. The van der Waals surface area contributed by atoms with Crippen LogP contribution < -0.4 is 5.84 Å². The van der Waals surface area contributed by atoms with Gasteiger partial charge in [-0.2, -0.15) is 0 Å². The van der Waals surface area contributed by atoms with Crippen molar-refractivity contribution in [2.45, 2.75) is 42.5 Å². The number of nitrogens with two attached hydrogens (primary N) is 1. The van der Waals surface area contributed by atoms with E-state index in [1.54, 1.807) is 23.5 Å². The van der Waals surface area contributed by atoms with Crippen molar-refractivity contribution >= 4 is 11.8 Å². The standard InChI is InChI=1S/C16H22N4OS/c1-21-11-10-15-18-19-16(20(15)17)22-14-9-5-3-7-12-6-2-4-8-13(12)14/h2,4,6,8,14H,3,5,7,9-11,17H2,1H3/t14-/m1/s1. The molecule has 118 valence electrons. The summed E-state index contributed by atoms with van der Waals surface area (Å²) in [6.45, 7) is 0.603. The molecule has 0 radical (unpaired) electrons. The predicted molar refractivity (Wildman–Crippen MR) is 88.3 cm³/mol. The van der Waals surface area contributed by atoms with Crippen molar-refractivity contribution in [3.63, 3.8) is 0 Å². The first-order chi connectivity index (χ1) is 10.8. The Morgan fingerprint density at radius 1 is 1.32 bits per heavy atom. The van der Waals surface area contributed by atoms with Crippen LogP contribution >= 0.6 is 11.8 Å². The number of fused-ring (bicyclic) bond motifs is 1. The first-order valence-corrected chi connectivity index (χ1v) is 8.60. The van der Waals surface area contributed by atoms with E-state index in [-0.39, 0.29) is 0 Å². The minimum atomic E-state index is 0.403. The molecule has 2 N–H and O–H groups in total. The quantitative estimate of drug-likeness (QED) is 0.678. The van der Waals surface area contributed by atoms with Crippen LogP contribution in [0.1, 0.15) is 41.5 Å². The number of hydrogen-bond acceptors (Lipinski definition) is 5. The average Bonchev–Trinajstić information content (AvgIpc) is 2.76. The van der Waals surface area contributed by atoms with Gasteiger partial charge in [0, 0.05) is 18.8 Å². The van der Waals surface area contributed by atoms with Crippen molar-refractivity contribution < 1.29 is 4.74 Å². The molecule has 1 aromatic heterocycles. The van der Waals surface area contributed by atoms with E-state index in [0.717, 1.165) is 17.4 Å². The smallest absolute Gasteiger partial charge is 0.210 e. The highest BCUT2D eigenvalue weighted by molar-refractivity contribution is 7.99. The third-order valence-corrected chi connectivity index (χ3v) is 5.34. The number of aromatic nitrogens is 3. The Balaban J connectivity index is 1.80. The molecule has 1 aliphatic rings. The van der Waals surface area contributed by atoms with Gasteiger partial charge in [-0.1, -0.05) is 42.4 Å². The molecule has 0 fully saturated rings. The van der Waals surface area contributed by atoms with E-state index < -0.39 is 0 Å². The minimum Gasteiger partial charge on any atom is -0.384 e. The fourth-order valence-corrected chi connectivity index (χ4v) is 4.08. The molecule has 1 aromatic carbocycles. The summed E-state index contributed by atoms with van der Waals surface area (Å²) in [7, 11) is 1.68. The van der Waals surface area contributed by atoms with Crippen LogP contribution in [0.2, 0.25) is 0 Å². The monoisotopic (exact) mass is 318 g/mol. The predicted octanol–water partition coefficient (Wildman–Crippen LogP) is 2.74. The third kappa shape index (κ3) is 3.28. The Labute approximate surface area is 135 Å². The summed E-state index contributed by atoms with van der Waals surface area (Å²) in [4.78, 5) is 0. The van der Waals surface area contributed by atoms with Gasteiger partial charge < -0.3 is 10.6 Å². The second kappa shape index (κ2) is 7.15. The lowest BCUT2D eigenvalue weighted by Gasteiger charge is -2.16. The molecule has 0 amide bonds. The summed E-state index contributed by atoms with van der Waals surface area (Å²) in [5.41, 5.74) is 2.88. The number of thioether (sulfide) groups is 1. The fraction of sp³-hybridized carbons (Fsp3) is 0.500. The van der Waals surface area contributed by atoms with Crippen LogP contribution in [-0.2, 0) is 17.6 Å². The Hall–Kier alpha value is -1.53. The molecular formula is C16H22N4OS. The molecule has 0 aliphatic heterocycles. The average molecular weight is 318 g/mol. The maximum absolute atomic E-state index is 6.14. The molecule has 0 saturated heterocycles. The Morgan fingerprint density at radius 2 is 2.18 bits per heavy atom. The van der Waals surface area contributed by atoms with E-state index in [2.05, 4.69) is 34.5 Å². The van der Waals surface area contributed by atoms with E-state index in [1.807, 2.05) is 0 Å². The summed E-state index contributed by atoms with van der Waals surface area (Å²) in [6, 6.07) is 8.72. The van der Waals surface area contributed by atoms with E-state index in [0.29, 0.717) is 18.3 Å². The molecule has 1 heterocycles. The van der Waals surface area contributed by atoms with Gasteiger partial charge in [-0.3, -0.25) is 0 Å². The summed E-state index contributed by atoms with van der Waals surface area (Å²) in [5.74, 6) is 6.91. The lowest BCUT2D eigenvalue weighted by molar-refractivity contribution is 0.200. The van der Waals surface area contributed by atoms with Gasteiger partial charge in [0.05, 0.1) is 6.61 Å². The van der Waals surface area contributed by atoms with Crippen molar-refractivity contribution in [2.24, 2.45) is 0 Å². The summed E-state index contributed by atoms with van der Waals surface area (Å²) < 4.78 is 6.69. The molecule has 0 bridgehead atoms. The zero-order valence-corrected chi connectivity index (χ0v) is 13.7. The van der Waals surface area contributed by atoms with Crippen LogP contribution in [0, 0.1) is 0 Å². The molecule has 6 heteroatoms. The maximum Gasteiger partial charge on any atom is 0.210 e. The number of benzene rings is 1. The Bertz CT molecular complexity index is 628.